The summed E-state index contributed by atoms with van der Waals surface area (Å²) >= 11 is 6.65. The number of amides is 1. The Morgan fingerprint density at radius 1 is 1.47 bits per heavy atom. The largest absolute Gasteiger partial charge is 0.507 e. The van der Waals surface area contributed by atoms with Crippen molar-refractivity contribution in [1.82, 2.24) is 5.32 Å². The molecule has 5 heteroatoms. The molecule has 0 fully saturated rings. The summed E-state index contributed by atoms with van der Waals surface area (Å²) in [5.41, 5.74) is 0.285. The molecule has 1 aromatic carbocycles. The quantitative estimate of drug-likeness (QED) is 0.805. The third-order valence-corrected chi connectivity index (χ3v) is 4.17. The summed E-state index contributed by atoms with van der Waals surface area (Å²) in [7, 11) is 0. The highest BCUT2D eigenvalue weighted by Gasteiger charge is 2.17. The topological polar surface area (TPSA) is 49.3 Å². The van der Waals surface area contributed by atoms with Gasteiger partial charge in [0.25, 0.3) is 5.91 Å². The second-order valence-electron chi connectivity index (χ2n) is 4.06. The number of hydrogen-bond donors (Lipinski definition) is 2. The van der Waals surface area contributed by atoms with Gasteiger partial charge in [0.1, 0.15) is 5.75 Å². The number of nitrogens with one attached hydrogen (secondary N) is 1. The van der Waals surface area contributed by atoms with Crippen molar-refractivity contribution in [2.45, 2.75) is 19.9 Å². The van der Waals surface area contributed by atoms with Crippen LogP contribution >= 0.6 is 31.9 Å². The maximum absolute atomic E-state index is 11.9. The van der Waals surface area contributed by atoms with Gasteiger partial charge in [-0.15, -0.1) is 0 Å². The minimum absolute atomic E-state index is 0.00982. The zero-order valence-corrected chi connectivity index (χ0v) is 12.9. The van der Waals surface area contributed by atoms with Gasteiger partial charge in [0.15, 0.2) is 0 Å². The molecule has 0 aliphatic rings. The Morgan fingerprint density at radius 2 is 2.12 bits per heavy atom. The van der Waals surface area contributed by atoms with Crippen LogP contribution in [0.4, 0.5) is 0 Å². The first-order chi connectivity index (χ1) is 7.95. The number of aromatic hydroxyl groups is 1. The van der Waals surface area contributed by atoms with Gasteiger partial charge in [-0.2, -0.15) is 0 Å². The molecule has 0 aromatic heterocycles. The lowest BCUT2D eigenvalue weighted by Crippen LogP contribution is -2.37. The molecule has 0 saturated carbocycles. The van der Waals surface area contributed by atoms with Gasteiger partial charge in [0.2, 0.25) is 0 Å². The highest BCUT2D eigenvalue weighted by atomic mass is 79.9. The summed E-state index contributed by atoms with van der Waals surface area (Å²) < 4.78 is 0.765. The fraction of sp³-hybridized carbons (Fsp3) is 0.417. The van der Waals surface area contributed by atoms with E-state index >= 15 is 0 Å². The van der Waals surface area contributed by atoms with Gasteiger partial charge in [-0.3, -0.25) is 4.79 Å². The minimum atomic E-state index is -0.260. The zero-order chi connectivity index (χ0) is 13.0. The summed E-state index contributed by atoms with van der Waals surface area (Å²) in [5.74, 6) is 0.0572. The molecule has 0 spiro atoms. The molecule has 0 saturated heterocycles. The highest BCUT2D eigenvalue weighted by Crippen LogP contribution is 2.22. The number of carbonyl (C=O) groups is 1. The number of rotatable bonds is 4. The van der Waals surface area contributed by atoms with Crippen LogP contribution in [0.5, 0.6) is 5.75 Å². The van der Waals surface area contributed by atoms with Crippen molar-refractivity contribution in [1.29, 1.82) is 0 Å². The molecule has 0 aliphatic carbocycles. The standard InChI is InChI=1S/C12H15Br2NO2/c1-7(6-13)8(2)15-12(17)10-5-9(14)3-4-11(10)16/h3-5,7-8,16H,6H2,1-2H3,(H,15,17). The smallest absolute Gasteiger partial charge is 0.255 e. The van der Waals surface area contributed by atoms with E-state index in [-0.39, 0.29) is 23.3 Å². The predicted molar refractivity (Wildman–Crippen MR) is 75.7 cm³/mol. The number of carbonyl (C=O) groups excluding carboxylic acids is 1. The molecule has 3 nitrogen and oxygen atoms in total. The van der Waals surface area contributed by atoms with E-state index in [9.17, 15) is 9.90 Å². The van der Waals surface area contributed by atoms with Crippen molar-refractivity contribution in [2.24, 2.45) is 5.92 Å². The van der Waals surface area contributed by atoms with Crippen LogP contribution < -0.4 is 5.32 Å². The van der Waals surface area contributed by atoms with Crippen molar-refractivity contribution >= 4 is 37.8 Å². The summed E-state index contributed by atoms with van der Waals surface area (Å²) in [5, 5.41) is 13.3. The Morgan fingerprint density at radius 3 is 2.71 bits per heavy atom. The molecule has 1 amide bonds. The number of phenolic OH excluding ortho intramolecular Hbond substituents is 1. The van der Waals surface area contributed by atoms with Crippen LogP contribution in [0.25, 0.3) is 0 Å². The molecular formula is C12H15Br2NO2. The van der Waals surface area contributed by atoms with Crippen LogP contribution in [-0.2, 0) is 0 Å². The van der Waals surface area contributed by atoms with Crippen LogP contribution in [-0.4, -0.2) is 22.4 Å². The maximum Gasteiger partial charge on any atom is 0.255 e. The molecule has 94 valence electrons. The number of hydrogen-bond acceptors (Lipinski definition) is 2. The molecule has 1 aromatic rings. The number of alkyl halides is 1. The van der Waals surface area contributed by atoms with Crippen molar-refractivity contribution < 1.29 is 9.90 Å². The van der Waals surface area contributed by atoms with Crippen LogP contribution in [0.15, 0.2) is 22.7 Å². The van der Waals surface area contributed by atoms with Gasteiger partial charge in [0, 0.05) is 15.8 Å². The molecule has 0 heterocycles. The average Bonchev–Trinajstić information content (AvgIpc) is 2.30. The first-order valence-electron chi connectivity index (χ1n) is 5.31. The normalized spacial score (nSPS) is 14.1. The lowest BCUT2D eigenvalue weighted by Gasteiger charge is -2.19. The van der Waals surface area contributed by atoms with Gasteiger partial charge in [-0.25, -0.2) is 0 Å². The molecule has 1 rings (SSSR count). The number of benzene rings is 1. The first-order valence-corrected chi connectivity index (χ1v) is 7.22. The Kier molecular flexibility index (Phi) is 5.46. The number of phenols is 1. The second kappa shape index (κ2) is 6.40. The SMILES string of the molecule is CC(CBr)C(C)NC(=O)c1cc(Br)ccc1O. The molecule has 2 N–H and O–H groups in total. The summed E-state index contributed by atoms with van der Waals surface area (Å²) in [6.45, 7) is 3.99. The minimum Gasteiger partial charge on any atom is -0.507 e. The molecule has 0 radical (unpaired) electrons. The Labute approximate surface area is 118 Å². The van der Waals surface area contributed by atoms with Gasteiger partial charge in [0.05, 0.1) is 5.56 Å². The van der Waals surface area contributed by atoms with E-state index in [4.69, 9.17) is 0 Å². The van der Waals surface area contributed by atoms with Crippen molar-refractivity contribution in [3.05, 3.63) is 28.2 Å². The van der Waals surface area contributed by atoms with Crippen molar-refractivity contribution in [3.8, 4) is 5.75 Å². The Hall–Kier alpha value is -0.550. The molecule has 17 heavy (non-hydrogen) atoms. The molecule has 0 aliphatic heterocycles. The lowest BCUT2D eigenvalue weighted by molar-refractivity contribution is 0.0928. The van der Waals surface area contributed by atoms with Crippen LogP contribution in [0.2, 0.25) is 0 Å². The Bertz CT molecular complexity index is 409. The number of halogens is 2. The molecular weight excluding hydrogens is 350 g/mol. The molecule has 2 atom stereocenters. The maximum atomic E-state index is 11.9. The van der Waals surface area contributed by atoms with Crippen LogP contribution in [0, 0.1) is 5.92 Å². The second-order valence-corrected chi connectivity index (χ2v) is 5.62. The van der Waals surface area contributed by atoms with E-state index in [1.165, 1.54) is 6.07 Å². The zero-order valence-electron chi connectivity index (χ0n) is 9.71. The van der Waals surface area contributed by atoms with Gasteiger partial charge in [-0.1, -0.05) is 38.8 Å². The van der Waals surface area contributed by atoms with E-state index in [1.54, 1.807) is 12.1 Å². The lowest BCUT2D eigenvalue weighted by atomic mass is 10.1. The highest BCUT2D eigenvalue weighted by molar-refractivity contribution is 9.10. The third kappa shape index (κ3) is 4.00. The summed E-state index contributed by atoms with van der Waals surface area (Å²) in [6, 6.07) is 4.84. The van der Waals surface area contributed by atoms with Gasteiger partial charge >= 0.3 is 0 Å². The van der Waals surface area contributed by atoms with Crippen molar-refractivity contribution in [2.75, 3.05) is 5.33 Å². The van der Waals surface area contributed by atoms with E-state index in [2.05, 4.69) is 37.2 Å². The van der Waals surface area contributed by atoms with Crippen LogP contribution in [0.3, 0.4) is 0 Å². The van der Waals surface area contributed by atoms with E-state index in [0.29, 0.717) is 5.92 Å². The van der Waals surface area contributed by atoms with Gasteiger partial charge < -0.3 is 10.4 Å². The molecule has 2 unspecified atom stereocenters. The fourth-order valence-electron chi connectivity index (χ4n) is 1.25. The predicted octanol–water partition coefficient (Wildman–Crippen LogP) is 3.30. The van der Waals surface area contributed by atoms with E-state index in [0.717, 1.165) is 9.80 Å². The first kappa shape index (κ1) is 14.5. The third-order valence-electron chi connectivity index (χ3n) is 2.66. The molecule has 0 bridgehead atoms. The summed E-state index contributed by atoms with van der Waals surface area (Å²) in [4.78, 5) is 11.9. The van der Waals surface area contributed by atoms with Gasteiger partial charge in [-0.05, 0) is 31.0 Å². The van der Waals surface area contributed by atoms with E-state index in [1.807, 2.05) is 13.8 Å². The average molecular weight is 365 g/mol. The Balaban J connectivity index is 2.79. The van der Waals surface area contributed by atoms with Crippen molar-refractivity contribution in [3.63, 3.8) is 0 Å². The van der Waals surface area contributed by atoms with E-state index < -0.39 is 0 Å². The summed E-state index contributed by atoms with van der Waals surface area (Å²) in [6.07, 6.45) is 0. The fourth-order valence-corrected chi connectivity index (χ4v) is 2.17. The van der Waals surface area contributed by atoms with Crippen LogP contribution in [0.1, 0.15) is 24.2 Å². The monoisotopic (exact) mass is 363 g/mol.